The number of ether oxygens (including phenoxy) is 1. The third-order valence-corrected chi connectivity index (χ3v) is 6.21. The molecule has 1 saturated heterocycles. The number of piperidine rings is 1. The Morgan fingerprint density at radius 3 is 2.64 bits per heavy atom. The number of nitrogens with zero attached hydrogens (tertiary/aromatic N) is 5. The quantitative estimate of drug-likeness (QED) is 0.597. The average molecular weight is 374 g/mol. The van der Waals surface area contributed by atoms with Crippen molar-refractivity contribution >= 4 is 11.3 Å². The van der Waals surface area contributed by atoms with Crippen LogP contribution in [-0.2, 0) is 0 Å². The summed E-state index contributed by atoms with van der Waals surface area (Å²) in [7, 11) is 1.70. The van der Waals surface area contributed by atoms with E-state index in [1.165, 1.54) is 5.69 Å². The molecule has 4 aromatic rings. The van der Waals surface area contributed by atoms with Crippen LogP contribution in [0.25, 0.3) is 22.6 Å². The van der Waals surface area contributed by atoms with Gasteiger partial charge < -0.3 is 14.5 Å². The molecule has 0 spiro atoms. The maximum atomic E-state index is 5.68. The van der Waals surface area contributed by atoms with Gasteiger partial charge in [0, 0.05) is 23.9 Å². The van der Waals surface area contributed by atoms with E-state index < -0.39 is 0 Å². The number of aryl methyl sites for hydroxylation is 2. The van der Waals surface area contributed by atoms with Gasteiger partial charge in [-0.15, -0.1) is 0 Å². The summed E-state index contributed by atoms with van der Waals surface area (Å²) in [5.41, 5.74) is 6.90. The van der Waals surface area contributed by atoms with E-state index in [2.05, 4.69) is 40.1 Å². The molecule has 0 radical (unpaired) electrons. The maximum absolute atomic E-state index is 5.68. The van der Waals surface area contributed by atoms with E-state index in [-0.39, 0.29) is 0 Å². The van der Waals surface area contributed by atoms with Gasteiger partial charge in [-0.2, -0.15) is 5.10 Å². The Balaban J connectivity index is 1.48. The molecule has 0 amide bonds. The number of fused-ring (bicyclic) bond motifs is 3. The number of hydrogen-bond acceptors (Lipinski definition) is 5. The molecule has 2 aliphatic rings. The van der Waals surface area contributed by atoms with E-state index in [0.29, 0.717) is 5.92 Å². The standard InChI is InChI=1S/C21H22N6O/c1-11-4-16(25-27-8-12(2)23-20(11)27)13-5-18(28-3)21-24-17(10-26(21)9-13)19-14-6-22-7-15(14)19/h4-5,8-10,14-15,19,22H,6-7H2,1-3H3/t14-,15+,19?. The van der Waals surface area contributed by atoms with Gasteiger partial charge in [-0.25, -0.2) is 14.5 Å². The lowest BCUT2D eigenvalue weighted by molar-refractivity contribution is 0.417. The van der Waals surface area contributed by atoms with Gasteiger partial charge in [-0.05, 0) is 56.5 Å². The average Bonchev–Trinajstić information content (AvgIpc) is 3.10. The largest absolute Gasteiger partial charge is 0.493 e. The van der Waals surface area contributed by atoms with E-state index in [1.54, 1.807) is 7.11 Å². The highest BCUT2D eigenvalue weighted by atomic mass is 16.5. The first-order valence-electron chi connectivity index (χ1n) is 9.74. The summed E-state index contributed by atoms with van der Waals surface area (Å²) in [5.74, 6) is 2.84. The number of pyridine rings is 1. The van der Waals surface area contributed by atoms with Gasteiger partial charge >= 0.3 is 0 Å². The second-order valence-corrected chi connectivity index (χ2v) is 8.07. The van der Waals surface area contributed by atoms with Crippen molar-refractivity contribution in [1.82, 2.24) is 29.3 Å². The predicted molar refractivity (Wildman–Crippen MR) is 106 cm³/mol. The summed E-state index contributed by atoms with van der Waals surface area (Å²) < 4.78 is 9.62. The third kappa shape index (κ3) is 2.22. The topological polar surface area (TPSA) is 68.8 Å². The summed E-state index contributed by atoms with van der Waals surface area (Å²) in [6, 6.07) is 4.11. The highest BCUT2D eigenvalue weighted by molar-refractivity contribution is 5.69. The Kier molecular flexibility index (Phi) is 3.18. The van der Waals surface area contributed by atoms with Crippen LogP contribution in [0.5, 0.6) is 5.75 Å². The molecule has 142 valence electrons. The summed E-state index contributed by atoms with van der Waals surface area (Å²) in [5, 5.41) is 8.22. The first-order chi connectivity index (χ1) is 13.6. The van der Waals surface area contributed by atoms with Crippen molar-refractivity contribution in [2.75, 3.05) is 20.2 Å². The van der Waals surface area contributed by atoms with Crippen LogP contribution in [0.15, 0.2) is 30.7 Å². The van der Waals surface area contributed by atoms with E-state index in [1.807, 2.05) is 23.7 Å². The van der Waals surface area contributed by atoms with Crippen LogP contribution < -0.4 is 10.1 Å². The van der Waals surface area contributed by atoms with Crippen LogP contribution >= 0.6 is 0 Å². The second kappa shape index (κ2) is 5.54. The van der Waals surface area contributed by atoms with Gasteiger partial charge in [0.25, 0.3) is 0 Å². The number of hydrogen-bond donors (Lipinski definition) is 1. The molecule has 1 aliphatic heterocycles. The number of nitrogens with one attached hydrogen (secondary N) is 1. The van der Waals surface area contributed by atoms with Crippen molar-refractivity contribution in [2.24, 2.45) is 11.8 Å². The van der Waals surface area contributed by atoms with Crippen LogP contribution in [0, 0.1) is 25.7 Å². The van der Waals surface area contributed by atoms with E-state index in [9.17, 15) is 0 Å². The normalized spacial score (nSPS) is 23.5. The van der Waals surface area contributed by atoms with Crippen LogP contribution in [0.2, 0.25) is 0 Å². The first-order valence-corrected chi connectivity index (χ1v) is 9.74. The lowest BCUT2D eigenvalue weighted by Gasteiger charge is -2.08. The molecule has 6 rings (SSSR count). The van der Waals surface area contributed by atoms with Crippen molar-refractivity contribution in [3.05, 3.63) is 47.7 Å². The van der Waals surface area contributed by atoms with Crippen molar-refractivity contribution < 1.29 is 4.74 Å². The molecule has 0 aromatic carbocycles. The molecule has 0 bridgehead atoms. The molecule has 1 saturated carbocycles. The van der Waals surface area contributed by atoms with Gasteiger partial charge in [-0.1, -0.05) is 0 Å². The van der Waals surface area contributed by atoms with Crippen LogP contribution in [0.1, 0.15) is 22.9 Å². The second-order valence-electron chi connectivity index (χ2n) is 8.07. The number of rotatable bonds is 3. The van der Waals surface area contributed by atoms with Gasteiger partial charge in [-0.3, -0.25) is 0 Å². The lowest BCUT2D eigenvalue weighted by Crippen LogP contribution is -2.14. The first kappa shape index (κ1) is 16.1. The van der Waals surface area contributed by atoms with Crippen molar-refractivity contribution in [3.63, 3.8) is 0 Å². The Labute approximate surface area is 162 Å². The minimum atomic E-state index is 0.583. The molecule has 3 atom stereocenters. The highest BCUT2D eigenvalue weighted by Gasteiger charge is 2.54. The molecule has 7 heteroatoms. The highest BCUT2D eigenvalue weighted by Crippen LogP contribution is 2.55. The minimum absolute atomic E-state index is 0.583. The fourth-order valence-electron chi connectivity index (χ4n) is 4.78. The SMILES string of the molecule is COc1cc(-c2cc(C)c3nc(C)cn3n2)cn2cc(C3[C@H]4CNC[C@@H]34)nc12. The van der Waals surface area contributed by atoms with E-state index in [0.717, 1.165) is 64.5 Å². The lowest BCUT2D eigenvalue weighted by atomic mass is 10.1. The van der Waals surface area contributed by atoms with Gasteiger partial charge in [0.2, 0.25) is 0 Å². The molecule has 4 aromatic heterocycles. The van der Waals surface area contributed by atoms with Crippen molar-refractivity contribution in [3.8, 4) is 17.0 Å². The fourth-order valence-corrected chi connectivity index (χ4v) is 4.78. The number of methoxy groups -OCH3 is 1. The molecular formula is C21H22N6O. The van der Waals surface area contributed by atoms with Crippen molar-refractivity contribution in [2.45, 2.75) is 19.8 Å². The molecule has 28 heavy (non-hydrogen) atoms. The monoisotopic (exact) mass is 374 g/mol. The van der Waals surface area contributed by atoms with Crippen LogP contribution in [0.4, 0.5) is 0 Å². The Bertz CT molecular complexity index is 1230. The van der Waals surface area contributed by atoms with Crippen molar-refractivity contribution in [1.29, 1.82) is 0 Å². The van der Waals surface area contributed by atoms with Gasteiger partial charge in [0.15, 0.2) is 17.0 Å². The van der Waals surface area contributed by atoms with Gasteiger partial charge in [0.1, 0.15) is 0 Å². The van der Waals surface area contributed by atoms with Crippen LogP contribution in [0.3, 0.4) is 0 Å². The molecular weight excluding hydrogens is 352 g/mol. The molecule has 7 nitrogen and oxygen atoms in total. The zero-order valence-electron chi connectivity index (χ0n) is 16.2. The summed E-state index contributed by atoms with van der Waals surface area (Å²) in [4.78, 5) is 9.45. The third-order valence-electron chi connectivity index (χ3n) is 6.21. The zero-order valence-corrected chi connectivity index (χ0v) is 16.2. The molecule has 1 aliphatic carbocycles. The Hall–Kier alpha value is -2.93. The Morgan fingerprint density at radius 2 is 1.86 bits per heavy atom. The smallest absolute Gasteiger partial charge is 0.179 e. The number of aromatic nitrogens is 5. The Morgan fingerprint density at radius 1 is 1.04 bits per heavy atom. The van der Waals surface area contributed by atoms with Gasteiger partial charge in [0.05, 0.1) is 30.4 Å². The molecule has 1 unspecified atom stereocenters. The van der Waals surface area contributed by atoms with Crippen LogP contribution in [-0.4, -0.2) is 44.2 Å². The molecule has 2 fully saturated rings. The molecule has 1 N–H and O–H groups in total. The summed E-state index contributed by atoms with van der Waals surface area (Å²) in [6.07, 6.45) is 6.22. The molecule has 5 heterocycles. The summed E-state index contributed by atoms with van der Waals surface area (Å²) >= 11 is 0. The van der Waals surface area contributed by atoms with E-state index in [4.69, 9.17) is 14.8 Å². The fraction of sp³-hybridized carbons (Fsp3) is 0.381. The zero-order chi connectivity index (χ0) is 19.0. The minimum Gasteiger partial charge on any atom is -0.493 e. The maximum Gasteiger partial charge on any atom is 0.179 e. The summed E-state index contributed by atoms with van der Waals surface area (Å²) in [6.45, 7) is 6.27. The number of imidazole rings is 2. The van der Waals surface area contributed by atoms with E-state index >= 15 is 0 Å². The predicted octanol–water partition coefficient (Wildman–Crippen LogP) is 2.60.